The lowest BCUT2D eigenvalue weighted by Gasteiger charge is -2.40. The first kappa shape index (κ1) is 12.3. The molecule has 16 heavy (non-hydrogen) atoms. The average molecular weight is 225 g/mol. The van der Waals surface area contributed by atoms with Crippen molar-refractivity contribution in [1.29, 1.82) is 0 Å². The van der Waals surface area contributed by atoms with Crippen LogP contribution in [0.5, 0.6) is 0 Å². The molecule has 3 heteroatoms. The molecule has 2 aliphatic rings. The van der Waals surface area contributed by atoms with Gasteiger partial charge in [-0.15, -0.1) is 0 Å². The van der Waals surface area contributed by atoms with Crippen molar-refractivity contribution in [2.24, 2.45) is 5.41 Å². The SMILES string of the molecule is CC(C)(C)CN1CCN(C2CCNC2)CC1. The van der Waals surface area contributed by atoms with Crippen LogP contribution in [0.15, 0.2) is 0 Å². The highest BCUT2D eigenvalue weighted by Gasteiger charge is 2.27. The first-order valence-corrected chi connectivity index (χ1v) is 6.72. The van der Waals surface area contributed by atoms with Gasteiger partial charge < -0.3 is 10.2 Å². The monoisotopic (exact) mass is 225 g/mol. The molecule has 0 aromatic heterocycles. The minimum absolute atomic E-state index is 0.442. The summed E-state index contributed by atoms with van der Waals surface area (Å²) in [5.74, 6) is 0. The third-order valence-corrected chi connectivity index (χ3v) is 3.66. The Morgan fingerprint density at radius 1 is 1.12 bits per heavy atom. The van der Waals surface area contributed by atoms with E-state index in [2.05, 4.69) is 35.9 Å². The zero-order valence-electron chi connectivity index (χ0n) is 11.1. The summed E-state index contributed by atoms with van der Waals surface area (Å²) in [5, 5.41) is 3.46. The topological polar surface area (TPSA) is 18.5 Å². The van der Waals surface area contributed by atoms with Gasteiger partial charge in [-0.1, -0.05) is 20.8 Å². The molecule has 0 bridgehead atoms. The molecular weight excluding hydrogens is 198 g/mol. The Morgan fingerprint density at radius 3 is 2.31 bits per heavy atom. The number of rotatable bonds is 2. The largest absolute Gasteiger partial charge is 0.315 e. The van der Waals surface area contributed by atoms with Gasteiger partial charge in [0.05, 0.1) is 0 Å². The van der Waals surface area contributed by atoms with Crippen LogP contribution >= 0.6 is 0 Å². The highest BCUT2D eigenvalue weighted by molar-refractivity contribution is 4.85. The van der Waals surface area contributed by atoms with Gasteiger partial charge in [-0.2, -0.15) is 0 Å². The van der Waals surface area contributed by atoms with Gasteiger partial charge in [0.25, 0.3) is 0 Å². The van der Waals surface area contributed by atoms with Gasteiger partial charge >= 0.3 is 0 Å². The van der Waals surface area contributed by atoms with E-state index in [0.717, 1.165) is 6.04 Å². The highest BCUT2D eigenvalue weighted by Crippen LogP contribution is 2.18. The summed E-state index contributed by atoms with van der Waals surface area (Å²) in [5.41, 5.74) is 0.442. The Balaban J connectivity index is 1.74. The lowest BCUT2D eigenvalue weighted by atomic mass is 9.95. The number of hydrogen-bond acceptors (Lipinski definition) is 3. The number of nitrogens with one attached hydrogen (secondary N) is 1. The molecular formula is C13H27N3. The summed E-state index contributed by atoms with van der Waals surface area (Å²) in [6.45, 7) is 15.7. The van der Waals surface area contributed by atoms with E-state index >= 15 is 0 Å². The summed E-state index contributed by atoms with van der Waals surface area (Å²) in [7, 11) is 0. The highest BCUT2D eigenvalue weighted by atomic mass is 15.3. The van der Waals surface area contributed by atoms with E-state index in [1.807, 2.05) is 0 Å². The third kappa shape index (κ3) is 3.44. The van der Waals surface area contributed by atoms with Crippen LogP contribution < -0.4 is 5.32 Å². The van der Waals surface area contributed by atoms with Gasteiger partial charge in [-0.3, -0.25) is 4.90 Å². The molecule has 2 aliphatic heterocycles. The van der Waals surface area contributed by atoms with Crippen molar-refractivity contribution in [3.63, 3.8) is 0 Å². The fourth-order valence-electron chi connectivity index (χ4n) is 2.91. The van der Waals surface area contributed by atoms with Gasteiger partial charge in [0.15, 0.2) is 0 Å². The Kier molecular flexibility index (Phi) is 3.88. The predicted octanol–water partition coefficient (Wildman–Crippen LogP) is 1.01. The molecule has 0 aromatic rings. The molecule has 2 rings (SSSR count). The van der Waals surface area contributed by atoms with Crippen molar-refractivity contribution in [3.05, 3.63) is 0 Å². The van der Waals surface area contributed by atoms with Gasteiger partial charge in [0.2, 0.25) is 0 Å². The smallest absolute Gasteiger partial charge is 0.0233 e. The van der Waals surface area contributed by atoms with Crippen molar-refractivity contribution in [3.8, 4) is 0 Å². The Morgan fingerprint density at radius 2 is 1.81 bits per heavy atom. The second kappa shape index (κ2) is 5.03. The number of piperazine rings is 1. The van der Waals surface area contributed by atoms with E-state index in [-0.39, 0.29) is 0 Å². The zero-order chi connectivity index (χ0) is 11.6. The van der Waals surface area contributed by atoms with Crippen molar-refractivity contribution < 1.29 is 0 Å². The van der Waals surface area contributed by atoms with E-state index in [0.29, 0.717) is 5.41 Å². The van der Waals surface area contributed by atoms with E-state index in [1.54, 1.807) is 0 Å². The minimum atomic E-state index is 0.442. The molecule has 0 saturated carbocycles. The Hall–Kier alpha value is -0.120. The van der Waals surface area contributed by atoms with Crippen molar-refractivity contribution in [2.45, 2.75) is 33.2 Å². The lowest BCUT2D eigenvalue weighted by Crippen LogP contribution is -2.52. The van der Waals surface area contributed by atoms with Crippen LogP contribution in [0.4, 0.5) is 0 Å². The van der Waals surface area contributed by atoms with E-state index < -0.39 is 0 Å². The predicted molar refractivity (Wildman–Crippen MR) is 68.7 cm³/mol. The third-order valence-electron chi connectivity index (χ3n) is 3.66. The van der Waals surface area contributed by atoms with Gasteiger partial charge in [0, 0.05) is 45.3 Å². The van der Waals surface area contributed by atoms with Crippen LogP contribution in [0.2, 0.25) is 0 Å². The number of hydrogen-bond donors (Lipinski definition) is 1. The summed E-state index contributed by atoms with van der Waals surface area (Å²) in [6, 6.07) is 0.816. The summed E-state index contributed by atoms with van der Waals surface area (Å²) in [4.78, 5) is 5.30. The minimum Gasteiger partial charge on any atom is -0.315 e. The first-order chi connectivity index (χ1) is 7.54. The van der Waals surface area contributed by atoms with Crippen molar-refractivity contribution in [2.75, 3.05) is 45.8 Å². The molecule has 0 radical (unpaired) electrons. The first-order valence-electron chi connectivity index (χ1n) is 6.72. The van der Waals surface area contributed by atoms with Crippen molar-refractivity contribution >= 4 is 0 Å². The molecule has 2 saturated heterocycles. The molecule has 0 spiro atoms. The molecule has 0 amide bonds. The zero-order valence-corrected chi connectivity index (χ0v) is 11.1. The van der Waals surface area contributed by atoms with Crippen LogP contribution in [0.3, 0.4) is 0 Å². The molecule has 0 aromatic carbocycles. The normalized spacial score (nSPS) is 29.8. The van der Waals surface area contributed by atoms with E-state index in [1.165, 1.54) is 52.2 Å². The van der Waals surface area contributed by atoms with Crippen LogP contribution in [-0.4, -0.2) is 61.7 Å². The fourth-order valence-corrected chi connectivity index (χ4v) is 2.91. The summed E-state index contributed by atoms with van der Waals surface area (Å²) in [6.07, 6.45) is 1.35. The van der Waals surface area contributed by atoms with E-state index in [9.17, 15) is 0 Å². The second-order valence-corrected chi connectivity index (χ2v) is 6.52. The number of nitrogens with zero attached hydrogens (tertiary/aromatic N) is 2. The standard InChI is InChI=1S/C13H27N3/c1-13(2,3)11-15-6-8-16(9-7-15)12-4-5-14-10-12/h12,14H,4-11H2,1-3H3. The van der Waals surface area contributed by atoms with Gasteiger partial charge in [-0.25, -0.2) is 0 Å². The lowest BCUT2D eigenvalue weighted by molar-refractivity contribution is 0.0804. The molecule has 2 fully saturated rings. The summed E-state index contributed by atoms with van der Waals surface area (Å²) < 4.78 is 0. The van der Waals surface area contributed by atoms with Gasteiger partial charge in [0.1, 0.15) is 0 Å². The average Bonchev–Trinajstić information content (AvgIpc) is 2.69. The maximum atomic E-state index is 3.46. The second-order valence-electron chi connectivity index (χ2n) is 6.52. The maximum Gasteiger partial charge on any atom is 0.0233 e. The van der Waals surface area contributed by atoms with Crippen molar-refractivity contribution in [1.82, 2.24) is 15.1 Å². The van der Waals surface area contributed by atoms with Crippen LogP contribution in [0.1, 0.15) is 27.2 Å². The molecule has 1 N–H and O–H groups in total. The van der Waals surface area contributed by atoms with Crippen LogP contribution in [-0.2, 0) is 0 Å². The quantitative estimate of drug-likeness (QED) is 0.757. The Labute approximate surface area is 100 Å². The van der Waals surface area contributed by atoms with Crippen LogP contribution in [0.25, 0.3) is 0 Å². The molecule has 0 aliphatic carbocycles. The molecule has 94 valence electrons. The molecule has 3 nitrogen and oxygen atoms in total. The molecule has 1 atom stereocenters. The van der Waals surface area contributed by atoms with Crippen LogP contribution in [0, 0.1) is 5.41 Å². The molecule has 2 heterocycles. The molecule has 1 unspecified atom stereocenters. The fraction of sp³-hybridized carbons (Fsp3) is 1.00. The Bertz CT molecular complexity index is 208. The maximum absolute atomic E-state index is 3.46. The summed E-state index contributed by atoms with van der Waals surface area (Å²) >= 11 is 0. The van der Waals surface area contributed by atoms with E-state index in [4.69, 9.17) is 0 Å². The van der Waals surface area contributed by atoms with Gasteiger partial charge in [-0.05, 0) is 18.4 Å².